The fourth-order valence-electron chi connectivity index (χ4n) is 1.39. The van der Waals surface area contributed by atoms with Gasteiger partial charge < -0.3 is 11.1 Å². The summed E-state index contributed by atoms with van der Waals surface area (Å²) in [7, 11) is 0. The van der Waals surface area contributed by atoms with E-state index in [0.717, 1.165) is 6.07 Å². The summed E-state index contributed by atoms with van der Waals surface area (Å²) in [5.74, 6) is -1.02. The van der Waals surface area contributed by atoms with Gasteiger partial charge in [0.05, 0.1) is 11.4 Å². The van der Waals surface area contributed by atoms with Crippen molar-refractivity contribution >= 4 is 44.8 Å². The summed E-state index contributed by atoms with van der Waals surface area (Å²) in [6.45, 7) is 0. The Morgan fingerprint density at radius 3 is 2.84 bits per heavy atom. The second-order valence-electron chi connectivity index (χ2n) is 3.68. The first kappa shape index (κ1) is 13.8. The van der Waals surface area contributed by atoms with Crippen LogP contribution in [0.2, 0.25) is 5.15 Å². The number of nitrogen functional groups attached to an aromatic ring is 1. The molecule has 1 aromatic carbocycles. The van der Waals surface area contributed by atoms with Crippen LogP contribution in [0, 0.1) is 5.82 Å². The average Bonchev–Trinajstić information content (AvgIpc) is 2.37. The third-order valence-corrected chi connectivity index (χ3v) is 3.05. The molecule has 0 atom stereocenters. The minimum Gasteiger partial charge on any atom is -0.396 e. The summed E-state index contributed by atoms with van der Waals surface area (Å²) < 4.78 is 13.7. The van der Waals surface area contributed by atoms with Crippen LogP contribution in [0.1, 0.15) is 10.4 Å². The van der Waals surface area contributed by atoms with Crippen molar-refractivity contribution in [3.8, 4) is 0 Å². The highest BCUT2D eigenvalue weighted by Gasteiger charge is 2.11. The van der Waals surface area contributed by atoms with E-state index in [4.69, 9.17) is 17.3 Å². The quantitative estimate of drug-likeness (QED) is 0.647. The van der Waals surface area contributed by atoms with Crippen LogP contribution in [-0.2, 0) is 0 Å². The van der Waals surface area contributed by atoms with Crippen molar-refractivity contribution in [3.63, 3.8) is 0 Å². The number of halogens is 3. The first-order chi connectivity index (χ1) is 8.97. The van der Waals surface area contributed by atoms with E-state index >= 15 is 0 Å². The Labute approximate surface area is 121 Å². The van der Waals surface area contributed by atoms with Crippen LogP contribution in [0.5, 0.6) is 0 Å². The van der Waals surface area contributed by atoms with Crippen molar-refractivity contribution in [1.29, 1.82) is 0 Å². The Morgan fingerprint density at radius 1 is 1.42 bits per heavy atom. The lowest BCUT2D eigenvalue weighted by atomic mass is 10.2. The van der Waals surface area contributed by atoms with Gasteiger partial charge in [-0.3, -0.25) is 4.79 Å². The van der Waals surface area contributed by atoms with E-state index in [1.165, 1.54) is 18.3 Å². The van der Waals surface area contributed by atoms with Crippen molar-refractivity contribution in [3.05, 3.63) is 51.5 Å². The molecule has 0 fully saturated rings. The molecule has 4 nitrogen and oxygen atoms in total. The number of hydrogen-bond donors (Lipinski definition) is 2. The maximum atomic E-state index is 13.0. The number of pyridine rings is 1. The minimum absolute atomic E-state index is 0.0916. The van der Waals surface area contributed by atoms with E-state index in [0.29, 0.717) is 10.2 Å². The molecule has 1 heterocycles. The third kappa shape index (κ3) is 3.21. The van der Waals surface area contributed by atoms with Gasteiger partial charge >= 0.3 is 0 Å². The van der Waals surface area contributed by atoms with Crippen molar-refractivity contribution in [1.82, 2.24) is 4.98 Å². The molecule has 3 N–H and O–H groups in total. The van der Waals surface area contributed by atoms with Crippen LogP contribution in [0.3, 0.4) is 0 Å². The molecule has 0 unspecified atom stereocenters. The van der Waals surface area contributed by atoms with E-state index in [9.17, 15) is 9.18 Å². The molecule has 0 radical (unpaired) electrons. The summed E-state index contributed by atoms with van der Waals surface area (Å²) >= 11 is 9.07. The predicted molar refractivity (Wildman–Crippen MR) is 75.7 cm³/mol. The van der Waals surface area contributed by atoms with E-state index in [1.807, 2.05) is 0 Å². The number of nitrogens with zero attached hydrogens (tertiary/aromatic N) is 1. The number of hydrogen-bond acceptors (Lipinski definition) is 3. The van der Waals surface area contributed by atoms with Crippen molar-refractivity contribution < 1.29 is 9.18 Å². The maximum Gasteiger partial charge on any atom is 0.255 e. The molecule has 0 saturated carbocycles. The Morgan fingerprint density at radius 2 is 2.16 bits per heavy atom. The van der Waals surface area contributed by atoms with Gasteiger partial charge in [-0.05, 0) is 40.2 Å². The number of anilines is 2. The van der Waals surface area contributed by atoms with Gasteiger partial charge in [0.2, 0.25) is 0 Å². The van der Waals surface area contributed by atoms with Gasteiger partial charge in [-0.15, -0.1) is 0 Å². The van der Waals surface area contributed by atoms with Crippen molar-refractivity contribution in [2.24, 2.45) is 0 Å². The molecule has 2 aromatic rings. The molecule has 7 heteroatoms. The van der Waals surface area contributed by atoms with Crippen LogP contribution in [0.4, 0.5) is 15.8 Å². The van der Waals surface area contributed by atoms with Crippen LogP contribution < -0.4 is 11.1 Å². The Balaban J connectivity index is 2.25. The number of nitrogens with two attached hydrogens (primary N) is 1. The zero-order valence-corrected chi connectivity index (χ0v) is 11.8. The van der Waals surface area contributed by atoms with Crippen molar-refractivity contribution in [2.45, 2.75) is 0 Å². The Bertz CT molecular complexity index is 651. The zero-order chi connectivity index (χ0) is 14.0. The van der Waals surface area contributed by atoms with Crippen LogP contribution in [-0.4, -0.2) is 10.9 Å². The van der Waals surface area contributed by atoms with Gasteiger partial charge in [-0.1, -0.05) is 11.6 Å². The molecule has 0 spiro atoms. The Kier molecular flexibility index (Phi) is 4.01. The van der Waals surface area contributed by atoms with E-state index in [2.05, 4.69) is 26.2 Å². The summed E-state index contributed by atoms with van der Waals surface area (Å²) in [6.07, 6.45) is 1.51. The number of aromatic nitrogens is 1. The van der Waals surface area contributed by atoms with Gasteiger partial charge in [0, 0.05) is 16.2 Å². The van der Waals surface area contributed by atoms with Gasteiger partial charge in [0.15, 0.2) is 5.15 Å². The number of amides is 1. The molecular weight excluding hydrogens is 337 g/mol. The second kappa shape index (κ2) is 5.54. The maximum absolute atomic E-state index is 13.0. The van der Waals surface area contributed by atoms with Crippen LogP contribution in [0.15, 0.2) is 34.9 Å². The van der Waals surface area contributed by atoms with Gasteiger partial charge in [0.25, 0.3) is 5.91 Å². The number of carbonyl (C=O) groups excluding carboxylic acids is 1. The van der Waals surface area contributed by atoms with Gasteiger partial charge in [0.1, 0.15) is 5.82 Å². The normalized spacial score (nSPS) is 10.3. The molecule has 0 saturated heterocycles. The first-order valence-electron chi connectivity index (χ1n) is 5.15. The summed E-state index contributed by atoms with van der Waals surface area (Å²) in [4.78, 5) is 15.8. The third-order valence-electron chi connectivity index (χ3n) is 2.31. The lowest BCUT2D eigenvalue weighted by Gasteiger charge is -2.07. The molecule has 0 aliphatic heterocycles. The fraction of sp³-hybridized carbons (Fsp3) is 0. The van der Waals surface area contributed by atoms with Crippen molar-refractivity contribution in [2.75, 3.05) is 11.1 Å². The fourth-order valence-corrected chi connectivity index (χ4v) is 1.87. The van der Waals surface area contributed by atoms with Gasteiger partial charge in [-0.2, -0.15) is 0 Å². The molecular formula is C12H8BrClFN3O. The molecule has 0 aliphatic carbocycles. The molecule has 1 aromatic heterocycles. The standard InChI is InChI=1S/C12H8BrClFN3O/c13-7-4-10(11(14)17-5-7)18-12(19)6-1-2-8(15)9(16)3-6/h1-5H,16H2,(H,18,19). The smallest absolute Gasteiger partial charge is 0.255 e. The second-order valence-corrected chi connectivity index (χ2v) is 4.96. The number of nitrogens with one attached hydrogen (secondary N) is 1. The first-order valence-corrected chi connectivity index (χ1v) is 6.32. The SMILES string of the molecule is Nc1cc(C(=O)Nc2cc(Br)cnc2Cl)ccc1F. The molecule has 98 valence electrons. The highest BCUT2D eigenvalue weighted by atomic mass is 79.9. The van der Waals surface area contributed by atoms with Gasteiger partial charge in [-0.25, -0.2) is 9.37 Å². The van der Waals surface area contributed by atoms with E-state index in [1.54, 1.807) is 6.07 Å². The summed E-state index contributed by atoms with van der Waals surface area (Å²) in [6, 6.07) is 5.33. The molecule has 0 aliphatic rings. The number of carbonyl (C=O) groups is 1. The Hall–Kier alpha value is -1.66. The topological polar surface area (TPSA) is 68.0 Å². The molecule has 0 bridgehead atoms. The van der Waals surface area contributed by atoms with Crippen LogP contribution >= 0.6 is 27.5 Å². The minimum atomic E-state index is -0.571. The predicted octanol–water partition coefficient (Wildman–Crippen LogP) is 3.47. The molecule has 19 heavy (non-hydrogen) atoms. The monoisotopic (exact) mass is 343 g/mol. The largest absolute Gasteiger partial charge is 0.396 e. The van der Waals surface area contributed by atoms with E-state index < -0.39 is 11.7 Å². The zero-order valence-electron chi connectivity index (χ0n) is 9.45. The van der Waals surface area contributed by atoms with Crippen LogP contribution in [0.25, 0.3) is 0 Å². The summed E-state index contributed by atoms with van der Waals surface area (Å²) in [5, 5.41) is 2.73. The lowest BCUT2D eigenvalue weighted by Crippen LogP contribution is -2.13. The number of benzene rings is 1. The highest BCUT2D eigenvalue weighted by molar-refractivity contribution is 9.10. The molecule has 1 amide bonds. The lowest BCUT2D eigenvalue weighted by molar-refractivity contribution is 0.102. The summed E-state index contributed by atoms with van der Waals surface area (Å²) in [5.41, 5.74) is 5.90. The highest BCUT2D eigenvalue weighted by Crippen LogP contribution is 2.24. The average molecular weight is 345 g/mol. The molecule has 2 rings (SSSR count). The number of rotatable bonds is 2. The van der Waals surface area contributed by atoms with E-state index in [-0.39, 0.29) is 16.4 Å².